The maximum absolute atomic E-state index is 8.67. The van der Waals surface area contributed by atoms with E-state index in [1.54, 1.807) is 11.3 Å². The van der Waals surface area contributed by atoms with Crippen molar-refractivity contribution in [1.82, 2.24) is 0 Å². The highest BCUT2D eigenvalue weighted by Gasteiger charge is 2.08. The van der Waals surface area contributed by atoms with Crippen molar-refractivity contribution >= 4 is 49.7 Å². The van der Waals surface area contributed by atoms with E-state index in [2.05, 4.69) is 34.7 Å². The van der Waals surface area contributed by atoms with Crippen LogP contribution in [0.5, 0.6) is 0 Å². The number of fused-ring (bicyclic) bond motifs is 1. The molecule has 0 unspecified atom stereocenters. The highest BCUT2D eigenvalue weighted by atomic mass is 127. The zero-order valence-corrected chi connectivity index (χ0v) is 10.2. The van der Waals surface area contributed by atoms with Crippen LogP contribution in [0.2, 0.25) is 0 Å². The Hall–Kier alpha value is -0.800. The molecule has 0 spiro atoms. The van der Waals surface area contributed by atoms with Crippen LogP contribution in [0.15, 0.2) is 17.5 Å². The lowest BCUT2D eigenvalue weighted by atomic mass is 10.1. The molecule has 1 aromatic heterocycles. The van der Waals surface area contributed by atoms with Crippen LogP contribution in [-0.4, -0.2) is 0 Å². The molecule has 0 fully saturated rings. The molecule has 2 nitrogen and oxygen atoms in total. The third kappa shape index (κ3) is 1.47. The first-order chi connectivity index (χ1) is 6.74. The van der Waals surface area contributed by atoms with Gasteiger partial charge >= 0.3 is 0 Å². The van der Waals surface area contributed by atoms with Crippen LogP contribution in [0.25, 0.3) is 10.1 Å². The third-order valence-electron chi connectivity index (χ3n) is 2.05. The fourth-order valence-corrected chi connectivity index (χ4v) is 3.22. The van der Waals surface area contributed by atoms with Crippen molar-refractivity contribution in [2.45, 2.75) is 6.42 Å². The first kappa shape index (κ1) is 9.74. The summed E-state index contributed by atoms with van der Waals surface area (Å²) in [6.45, 7) is 0. The lowest BCUT2D eigenvalue weighted by molar-refractivity contribution is 1.26. The van der Waals surface area contributed by atoms with E-state index in [1.165, 1.54) is 5.39 Å². The van der Waals surface area contributed by atoms with Gasteiger partial charge in [0, 0.05) is 14.6 Å². The number of halogens is 1. The minimum Gasteiger partial charge on any atom is -0.398 e. The quantitative estimate of drug-likeness (QED) is 0.649. The highest BCUT2D eigenvalue weighted by molar-refractivity contribution is 14.1. The van der Waals surface area contributed by atoms with Crippen molar-refractivity contribution in [3.05, 3.63) is 26.6 Å². The van der Waals surface area contributed by atoms with Gasteiger partial charge in [0.25, 0.3) is 0 Å². The Balaban J connectivity index is 2.76. The molecular weight excluding hydrogens is 307 g/mol. The van der Waals surface area contributed by atoms with Crippen LogP contribution in [0, 0.1) is 14.9 Å². The lowest BCUT2D eigenvalue weighted by Gasteiger charge is -2.04. The monoisotopic (exact) mass is 314 g/mol. The Kier molecular flexibility index (Phi) is 2.61. The Labute approximate surface area is 99.5 Å². The number of nitrogens with two attached hydrogens (primary N) is 1. The summed E-state index contributed by atoms with van der Waals surface area (Å²) in [4.78, 5) is 0. The topological polar surface area (TPSA) is 49.8 Å². The smallest absolute Gasteiger partial charge is 0.0670 e. The molecule has 0 aliphatic carbocycles. The largest absolute Gasteiger partial charge is 0.398 e. The summed E-state index contributed by atoms with van der Waals surface area (Å²) in [5.74, 6) is 0. The van der Waals surface area contributed by atoms with Crippen LogP contribution in [-0.2, 0) is 6.42 Å². The van der Waals surface area contributed by atoms with Crippen molar-refractivity contribution in [3.8, 4) is 6.07 Å². The van der Waals surface area contributed by atoms with E-state index in [0.717, 1.165) is 19.5 Å². The maximum Gasteiger partial charge on any atom is 0.0670 e. The fraction of sp³-hybridized carbons (Fsp3) is 0.100. The van der Waals surface area contributed by atoms with Crippen molar-refractivity contribution in [1.29, 1.82) is 5.26 Å². The predicted octanol–water partition coefficient (Wildman–Crippen LogP) is 3.15. The second kappa shape index (κ2) is 3.75. The van der Waals surface area contributed by atoms with Crippen LogP contribution in [0.4, 0.5) is 5.69 Å². The molecule has 0 saturated heterocycles. The number of benzene rings is 1. The van der Waals surface area contributed by atoms with Gasteiger partial charge in [-0.1, -0.05) is 0 Å². The van der Waals surface area contributed by atoms with E-state index >= 15 is 0 Å². The molecule has 0 aliphatic rings. The molecule has 0 saturated carbocycles. The number of hydrogen-bond donors (Lipinski definition) is 1. The number of nitrogens with zero attached hydrogens (tertiary/aromatic N) is 1. The number of anilines is 1. The lowest BCUT2D eigenvalue weighted by Crippen LogP contribution is -1.92. The van der Waals surface area contributed by atoms with Crippen molar-refractivity contribution in [3.63, 3.8) is 0 Å². The Morgan fingerprint density at radius 3 is 3.07 bits per heavy atom. The number of hydrogen-bond acceptors (Lipinski definition) is 3. The van der Waals surface area contributed by atoms with Gasteiger partial charge in [-0.15, -0.1) is 11.3 Å². The second-order valence-corrected chi connectivity index (χ2v) is 4.93. The number of thiophene rings is 1. The van der Waals surface area contributed by atoms with Crippen LogP contribution >= 0.6 is 33.9 Å². The number of nitriles is 1. The number of nitrogen functional groups attached to an aromatic ring is 1. The highest BCUT2D eigenvalue weighted by Crippen LogP contribution is 2.33. The van der Waals surface area contributed by atoms with Gasteiger partial charge in [-0.3, -0.25) is 0 Å². The van der Waals surface area contributed by atoms with E-state index < -0.39 is 0 Å². The van der Waals surface area contributed by atoms with Gasteiger partial charge in [0.1, 0.15) is 0 Å². The van der Waals surface area contributed by atoms with Gasteiger partial charge in [0.05, 0.1) is 17.2 Å². The summed E-state index contributed by atoms with van der Waals surface area (Å²) < 4.78 is 2.27. The Morgan fingerprint density at radius 2 is 2.36 bits per heavy atom. The molecule has 70 valence electrons. The van der Waals surface area contributed by atoms with Gasteiger partial charge in [-0.25, -0.2) is 0 Å². The van der Waals surface area contributed by atoms with Crippen LogP contribution in [0.1, 0.15) is 5.56 Å². The van der Waals surface area contributed by atoms with E-state index in [0.29, 0.717) is 6.42 Å². The van der Waals surface area contributed by atoms with Gasteiger partial charge in [-0.2, -0.15) is 5.26 Å². The molecule has 1 aromatic carbocycles. The molecular formula is C10H7IN2S. The molecule has 0 amide bonds. The minimum atomic E-state index is 0.425. The van der Waals surface area contributed by atoms with Crippen molar-refractivity contribution in [2.75, 3.05) is 5.73 Å². The molecule has 0 radical (unpaired) electrons. The van der Waals surface area contributed by atoms with Crippen molar-refractivity contribution < 1.29 is 0 Å². The summed E-state index contributed by atoms with van der Waals surface area (Å²) in [5.41, 5.74) is 7.70. The molecule has 14 heavy (non-hydrogen) atoms. The molecule has 4 heteroatoms. The standard InChI is InChI=1S/C10H7IN2S/c11-9-6(1-3-12)5-8(13)10-7(9)2-4-14-10/h2,4-5H,1,13H2. The van der Waals surface area contributed by atoms with Gasteiger partial charge in [-0.05, 0) is 45.7 Å². The minimum absolute atomic E-state index is 0.425. The summed E-state index contributed by atoms with van der Waals surface area (Å²) in [6.07, 6.45) is 0.425. The maximum atomic E-state index is 8.67. The van der Waals surface area contributed by atoms with E-state index in [9.17, 15) is 0 Å². The van der Waals surface area contributed by atoms with Crippen molar-refractivity contribution in [2.24, 2.45) is 0 Å². The zero-order valence-electron chi connectivity index (χ0n) is 7.25. The molecule has 0 atom stereocenters. The summed E-state index contributed by atoms with van der Waals surface area (Å²) in [6, 6.07) is 6.11. The van der Waals surface area contributed by atoms with Gasteiger partial charge in [0.15, 0.2) is 0 Å². The summed E-state index contributed by atoms with van der Waals surface area (Å²) >= 11 is 3.92. The van der Waals surface area contributed by atoms with Gasteiger partial charge < -0.3 is 5.73 Å². The van der Waals surface area contributed by atoms with Gasteiger partial charge in [0.2, 0.25) is 0 Å². The second-order valence-electron chi connectivity index (χ2n) is 2.94. The average Bonchev–Trinajstić information content (AvgIpc) is 2.63. The summed E-state index contributed by atoms with van der Waals surface area (Å²) in [7, 11) is 0. The summed E-state index contributed by atoms with van der Waals surface area (Å²) in [5, 5.41) is 11.9. The van der Waals surface area contributed by atoms with Crippen LogP contribution < -0.4 is 5.73 Å². The number of rotatable bonds is 1. The SMILES string of the molecule is N#CCc1cc(N)c2sccc2c1I. The zero-order chi connectivity index (χ0) is 10.1. The molecule has 0 bridgehead atoms. The first-order valence-corrected chi connectivity index (χ1v) is 6.01. The normalized spacial score (nSPS) is 10.3. The fourth-order valence-electron chi connectivity index (χ4n) is 1.41. The Morgan fingerprint density at radius 1 is 1.57 bits per heavy atom. The van der Waals surface area contributed by atoms with E-state index in [-0.39, 0.29) is 0 Å². The molecule has 1 heterocycles. The van der Waals surface area contributed by atoms with E-state index in [4.69, 9.17) is 11.0 Å². The molecule has 0 aliphatic heterocycles. The average molecular weight is 314 g/mol. The molecule has 2 N–H and O–H groups in total. The molecule has 2 rings (SSSR count). The Bertz CT molecular complexity index is 525. The molecule has 2 aromatic rings. The van der Waals surface area contributed by atoms with E-state index in [1.807, 2.05) is 11.4 Å². The first-order valence-electron chi connectivity index (χ1n) is 4.05. The third-order valence-corrected chi connectivity index (χ3v) is 4.28. The van der Waals surface area contributed by atoms with Crippen LogP contribution in [0.3, 0.4) is 0 Å². The predicted molar refractivity (Wildman–Crippen MR) is 68.3 cm³/mol.